The zero-order chi connectivity index (χ0) is 24.1. The monoisotopic (exact) mass is 468 g/mol. The molecule has 0 aromatic heterocycles. The van der Waals surface area contributed by atoms with Gasteiger partial charge in [0.2, 0.25) is 11.7 Å². The van der Waals surface area contributed by atoms with Gasteiger partial charge in [0.15, 0.2) is 11.5 Å². The van der Waals surface area contributed by atoms with Crippen molar-refractivity contribution in [3.8, 4) is 23.0 Å². The summed E-state index contributed by atoms with van der Waals surface area (Å²) in [6.07, 6.45) is 2.54. The summed E-state index contributed by atoms with van der Waals surface area (Å²) in [6.45, 7) is 6.15. The molecular formula is C27H36N2O5. The van der Waals surface area contributed by atoms with E-state index >= 15 is 0 Å². The van der Waals surface area contributed by atoms with E-state index in [9.17, 15) is 4.79 Å². The maximum Gasteiger partial charge on any atom is 0.223 e. The molecule has 0 spiro atoms. The van der Waals surface area contributed by atoms with E-state index in [1.165, 1.54) is 5.56 Å². The lowest BCUT2D eigenvalue weighted by molar-refractivity contribution is -0.142. The van der Waals surface area contributed by atoms with Crippen molar-refractivity contribution < 1.29 is 23.7 Å². The highest BCUT2D eigenvalue weighted by atomic mass is 16.5. The van der Waals surface area contributed by atoms with Crippen molar-refractivity contribution in [1.29, 1.82) is 0 Å². The first-order valence-electron chi connectivity index (χ1n) is 12.1. The van der Waals surface area contributed by atoms with Crippen LogP contribution in [0.25, 0.3) is 0 Å². The summed E-state index contributed by atoms with van der Waals surface area (Å²) in [5, 5.41) is 0. The lowest BCUT2D eigenvalue weighted by atomic mass is 9.83. The summed E-state index contributed by atoms with van der Waals surface area (Å²) in [5.74, 6) is 3.43. The summed E-state index contributed by atoms with van der Waals surface area (Å²) in [6, 6.07) is 12.5. The number of nitrogens with zero attached hydrogens (tertiary/aromatic N) is 2. The van der Waals surface area contributed by atoms with Crippen LogP contribution >= 0.6 is 0 Å². The minimum atomic E-state index is 0.231. The molecule has 2 atom stereocenters. The number of fused-ring (bicyclic) bond motifs is 1. The standard InChI is InChI=1S/C27H36N2O5/c1-5-34-22-9-6-19(7-10-22)16-28-13-12-23-21(18-28)8-11-26(30)29(23)17-20-14-24(31-2)27(33-4)25(15-20)32-3/h6-7,9-10,14-15,21,23H,5,8,11-13,16-18H2,1-4H3/t21-,23+/m0/s1. The fourth-order valence-corrected chi connectivity index (χ4v) is 5.31. The van der Waals surface area contributed by atoms with E-state index < -0.39 is 0 Å². The Morgan fingerprint density at radius 2 is 1.62 bits per heavy atom. The molecule has 0 bridgehead atoms. The average molecular weight is 469 g/mol. The van der Waals surface area contributed by atoms with Crippen LogP contribution in [0.3, 0.4) is 0 Å². The van der Waals surface area contributed by atoms with Gasteiger partial charge in [-0.3, -0.25) is 9.69 Å². The van der Waals surface area contributed by atoms with Gasteiger partial charge >= 0.3 is 0 Å². The maximum absolute atomic E-state index is 13.0. The number of piperidine rings is 2. The number of methoxy groups -OCH3 is 3. The first-order chi connectivity index (χ1) is 16.6. The quantitative estimate of drug-likeness (QED) is 0.552. The molecule has 1 amide bonds. The van der Waals surface area contributed by atoms with Gasteiger partial charge in [0.25, 0.3) is 0 Å². The molecule has 0 aliphatic carbocycles. The third-order valence-corrected chi connectivity index (χ3v) is 6.95. The highest BCUT2D eigenvalue weighted by molar-refractivity contribution is 5.77. The summed E-state index contributed by atoms with van der Waals surface area (Å²) in [7, 11) is 4.83. The molecule has 2 aromatic carbocycles. The van der Waals surface area contributed by atoms with Gasteiger partial charge in [0.05, 0.1) is 27.9 Å². The zero-order valence-corrected chi connectivity index (χ0v) is 20.7. The van der Waals surface area contributed by atoms with E-state index in [-0.39, 0.29) is 11.9 Å². The van der Waals surface area contributed by atoms with Gasteiger partial charge in [-0.1, -0.05) is 12.1 Å². The van der Waals surface area contributed by atoms with Crippen LogP contribution in [0.5, 0.6) is 23.0 Å². The van der Waals surface area contributed by atoms with E-state index in [1.54, 1.807) is 21.3 Å². The topological polar surface area (TPSA) is 60.5 Å². The Kier molecular flexibility index (Phi) is 7.83. The fourth-order valence-electron chi connectivity index (χ4n) is 5.31. The molecule has 2 aromatic rings. The fraction of sp³-hybridized carbons (Fsp3) is 0.519. The molecule has 2 heterocycles. The number of carbonyl (C=O) groups is 1. The molecule has 2 aliphatic rings. The first kappa shape index (κ1) is 24.2. The molecule has 34 heavy (non-hydrogen) atoms. The van der Waals surface area contributed by atoms with Crippen molar-refractivity contribution in [2.24, 2.45) is 5.92 Å². The number of hydrogen-bond donors (Lipinski definition) is 0. The molecule has 184 valence electrons. The van der Waals surface area contributed by atoms with Crippen LogP contribution in [-0.4, -0.2) is 62.8 Å². The third kappa shape index (κ3) is 5.25. The van der Waals surface area contributed by atoms with Gasteiger partial charge < -0.3 is 23.8 Å². The molecule has 0 N–H and O–H groups in total. The number of rotatable bonds is 9. The smallest absolute Gasteiger partial charge is 0.223 e. The van der Waals surface area contributed by atoms with Crippen molar-refractivity contribution >= 4 is 5.91 Å². The average Bonchev–Trinajstić information content (AvgIpc) is 2.86. The Morgan fingerprint density at radius 3 is 2.24 bits per heavy atom. The number of carbonyl (C=O) groups excluding carboxylic acids is 1. The van der Waals surface area contributed by atoms with Crippen molar-refractivity contribution in [1.82, 2.24) is 9.80 Å². The van der Waals surface area contributed by atoms with Gasteiger partial charge in [-0.25, -0.2) is 0 Å². The number of benzene rings is 2. The molecule has 2 fully saturated rings. The number of amides is 1. The third-order valence-electron chi connectivity index (χ3n) is 6.95. The highest BCUT2D eigenvalue weighted by Gasteiger charge is 2.39. The Balaban J connectivity index is 1.44. The second-order valence-electron chi connectivity index (χ2n) is 9.02. The van der Waals surface area contributed by atoms with E-state index in [0.29, 0.717) is 42.7 Å². The Bertz CT molecular complexity index is 952. The van der Waals surface area contributed by atoms with Gasteiger partial charge in [0, 0.05) is 38.6 Å². The van der Waals surface area contributed by atoms with Crippen LogP contribution in [0, 0.1) is 5.92 Å². The first-order valence-corrected chi connectivity index (χ1v) is 12.1. The van der Waals surface area contributed by atoms with Crippen molar-refractivity contribution in [3.05, 3.63) is 47.5 Å². The molecule has 7 nitrogen and oxygen atoms in total. The van der Waals surface area contributed by atoms with Gasteiger partial charge in [-0.2, -0.15) is 0 Å². The second kappa shape index (κ2) is 11.0. The molecular weight excluding hydrogens is 432 g/mol. The summed E-state index contributed by atoms with van der Waals surface area (Å²) in [4.78, 5) is 17.5. The van der Waals surface area contributed by atoms with Crippen LogP contribution in [0.2, 0.25) is 0 Å². The number of likely N-dealkylation sites (tertiary alicyclic amines) is 2. The molecule has 0 unspecified atom stereocenters. The van der Waals surface area contributed by atoms with Crippen molar-refractivity contribution in [2.45, 2.75) is 45.3 Å². The van der Waals surface area contributed by atoms with Gasteiger partial charge in [0.1, 0.15) is 5.75 Å². The van der Waals surface area contributed by atoms with Gasteiger partial charge in [-0.15, -0.1) is 0 Å². The largest absolute Gasteiger partial charge is 0.494 e. The van der Waals surface area contributed by atoms with Crippen LogP contribution in [0.4, 0.5) is 0 Å². The molecule has 7 heteroatoms. The Hall–Kier alpha value is -2.93. The van der Waals surface area contributed by atoms with E-state index in [4.69, 9.17) is 18.9 Å². The molecule has 0 radical (unpaired) electrons. The predicted octanol–water partition coefficient (Wildman–Crippen LogP) is 4.12. The van der Waals surface area contributed by atoms with Crippen LogP contribution in [0.15, 0.2) is 36.4 Å². The van der Waals surface area contributed by atoms with Crippen LogP contribution in [-0.2, 0) is 17.9 Å². The number of ether oxygens (including phenoxy) is 4. The predicted molar refractivity (Wildman–Crippen MR) is 131 cm³/mol. The lowest BCUT2D eigenvalue weighted by Crippen LogP contribution is -2.55. The van der Waals surface area contributed by atoms with E-state index in [1.807, 2.05) is 31.2 Å². The minimum absolute atomic E-state index is 0.231. The second-order valence-corrected chi connectivity index (χ2v) is 9.02. The number of hydrogen-bond acceptors (Lipinski definition) is 6. The molecule has 0 saturated carbocycles. The molecule has 4 rings (SSSR count). The Labute approximate surface area is 202 Å². The summed E-state index contributed by atoms with van der Waals surface area (Å²) >= 11 is 0. The zero-order valence-electron chi connectivity index (χ0n) is 20.7. The van der Waals surface area contributed by atoms with Crippen LogP contribution in [0.1, 0.15) is 37.3 Å². The van der Waals surface area contributed by atoms with Crippen LogP contribution < -0.4 is 18.9 Å². The molecule has 2 saturated heterocycles. The lowest BCUT2D eigenvalue weighted by Gasteiger charge is -2.47. The SMILES string of the molecule is CCOc1ccc(CN2CC[C@@H]3[C@@H](CCC(=O)N3Cc3cc(OC)c(OC)c(OC)c3)C2)cc1. The Morgan fingerprint density at radius 1 is 0.912 bits per heavy atom. The van der Waals surface area contributed by atoms with Crippen molar-refractivity contribution in [2.75, 3.05) is 41.0 Å². The molecule has 2 aliphatic heterocycles. The normalized spacial score (nSPS) is 20.6. The van der Waals surface area contributed by atoms with E-state index in [2.05, 4.69) is 21.9 Å². The minimum Gasteiger partial charge on any atom is -0.494 e. The van der Waals surface area contributed by atoms with E-state index in [0.717, 1.165) is 43.8 Å². The maximum atomic E-state index is 13.0. The van der Waals surface area contributed by atoms with Gasteiger partial charge in [-0.05, 0) is 61.1 Å². The highest BCUT2D eigenvalue weighted by Crippen LogP contribution is 2.40. The summed E-state index contributed by atoms with van der Waals surface area (Å²) in [5.41, 5.74) is 2.28. The van der Waals surface area contributed by atoms with Crippen molar-refractivity contribution in [3.63, 3.8) is 0 Å². The summed E-state index contributed by atoms with van der Waals surface area (Å²) < 4.78 is 22.0.